The van der Waals surface area contributed by atoms with Crippen molar-refractivity contribution >= 4 is 22.4 Å². The van der Waals surface area contributed by atoms with Crippen molar-refractivity contribution in [3.63, 3.8) is 0 Å². The molecular formula is C25H30FN7O2. The van der Waals surface area contributed by atoms with Crippen molar-refractivity contribution in [1.29, 1.82) is 0 Å². The van der Waals surface area contributed by atoms with Crippen molar-refractivity contribution in [3.8, 4) is 17.0 Å². The predicted octanol–water partition coefficient (Wildman–Crippen LogP) is 3.50. The number of fused-ring (bicyclic) bond motifs is 2. The van der Waals surface area contributed by atoms with Crippen molar-refractivity contribution < 1.29 is 13.9 Å². The molecule has 10 heteroatoms. The Balaban J connectivity index is 1.37. The largest absolute Gasteiger partial charge is 0.493 e. The second-order valence-corrected chi connectivity index (χ2v) is 9.74. The van der Waals surface area contributed by atoms with E-state index >= 15 is 4.39 Å². The smallest absolute Gasteiger partial charge is 0.197 e. The summed E-state index contributed by atoms with van der Waals surface area (Å²) in [6, 6.07) is 2.82. The number of halogens is 1. The first-order chi connectivity index (χ1) is 17.0. The number of nitrogens with one attached hydrogen (secondary N) is 2. The quantitative estimate of drug-likeness (QED) is 0.437. The Morgan fingerprint density at radius 1 is 1.20 bits per heavy atom. The van der Waals surface area contributed by atoms with Gasteiger partial charge < -0.3 is 24.7 Å². The fraction of sp³-hybridized carbons (Fsp3) is 0.480. The van der Waals surface area contributed by atoms with E-state index in [-0.39, 0.29) is 11.7 Å². The molecule has 0 saturated carbocycles. The molecule has 0 aliphatic carbocycles. The van der Waals surface area contributed by atoms with Gasteiger partial charge in [-0.2, -0.15) is 5.10 Å². The number of hydrogen-bond acceptors (Lipinski definition) is 7. The summed E-state index contributed by atoms with van der Waals surface area (Å²) in [7, 11) is 1.61. The summed E-state index contributed by atoms with van der Waals surface area (Å²) in [6.07, 6.45) is 7.05. The number of aromatic amines is 1. The van der Waals surface area contributed by atoms with Crippen LogP contribution < -0.4 is 15.0 Å². The third-order valence-electron chi connectivity index (χ3n) is 7.13. The van der Waals surface area contributed by atoms with Crippen molar-refractivity contribution in [2.45, 2.75) is 44.7 Å². The molecule has 6 rings (SSSR count). The lowest BCUT2D eigenvalue weighted by atomic mass is 9.96. The van der Waals surface area contributed by atoms with Crippen LogP contribution >= 0.6 is 0 Å². The maximum absolute atomic E-state index is 16.1. The number of methoxy groups -OCH3 is 1. The second kappa shape index (κ2) is 8.76. The standard InChI is InChI=1S/C25H30FN7O2/c1-14(2)20-21-18(31-23(20)15-8-19(34-3)24-28-13-29-33(24)10-15)9-27-25(22(21)26)32-6-4-16(5-7-32)30-17-11-35-12-17/h8-10,13-14,16-17,30-31H,4-7,11-12H2,1-3H3. The molecule has 6 heterocycles. The fourth-order valence-electron chi connectivity index (χ4n) is 5.29. The van der Waals surface area contributed by atoms with Gasteiger partial charge in [0.1, 0.15) is 6.33 Å². The van der Waals surface area contributed by atoms with E-state index in [0.717, 1.165) is 56.0 Å². The molecule has 9 nitrogen and oxygen atoms in total. The topological polar surface area (TPSA) is 92.6 Å². The number of nitrogens with zero attached hydrogens (tertiary/aromatic N) is 5. The Hall–Kier alpha value is -3.24. The average Bonchev–Trinajstić information content (AvgIpc) is 3.47. The summed E-state index contributed by atoms with van der Waals surface area (Å²) >= 11 is 0. The Bertz CT molecular complexity index is 1370. The van der Waals surface area contributed by atoms with Gasteiger partial charge in [0.05, 0.1) is 43.8 Å². The molecule has 2 N–H and O–H groups in total. The van der Waals surface area contributed by atoms with E-state index in [4.69, 9.17) is 9.47 Å². The highest BCUT2D eigenvalue weighted by Gasteiger charge is 2.29. The van der Waals surface area contributed by atoms with Crippen LogP contribution in [0.3, 0.4) is 0 Å². The minimum absolute atomic E-state index is 0.0839. The van der Waals surface area contributed by atoms with Crippen LogP contribution in [0.15, 0.2) is 24.8 Å². The van der Waals surface area contributed by atoms with Crippen LogP contribution in [0.5, 0.6) is 5.75 Å². The summed E-state index contributed by atoms with van der Waals surface area (Å²) in [5, 5.41) is 8.52. The van der Waals surface area contributed by atoms with Gasteiger partial charge in [-0.3, -0.25) is 0 Å². The highest BCUT2D eigenvalue weighted by Crippen LogP contribution is 2.40. The van der Waals surface area contributed by atoms with Crippen molar-refractivity contribution in [3.05, 3.63) is 36.2 Å². The molecule has 0 spiro atoms. The molecule has 0 bridgehead atoms. The van der Waals surface area contributed by atoms with E-state index in [0.29, 0.717) is 40.2 Å². The minimum atomic E-state index is -0.263. The third-order valence-corrected chi connectivity index (χ3v) is 7.13. The Kier molecular flexibility index (Phi) is 5.57. The molecule has 0 amide bonds. The van der Waals surface area contributed by atoms with Gasteiger partial charge in [-0.25, -0.2) is 18.9 Å². The number of piperidine rings is 1. The maximum atomic E-state index is 16.1. The van der Waals surface area contributed by atoms with E-state index in [1.165, 1.54) is 6.33 Å². The monoisotopic (exact) mass is 479 g/mol. The van der Waals surface area contributed by atoms with Crippen LogP contribution in [0.25, 0.3) is 27.8 Å². The fourth-order valence-corrected chi connectivity index (χ4v) is 5.29. The van der Waals surface area contributed by atoms with E-state index in [1.54, 1.807) is 17.8 Å². The van der Waals surface area contributed by atoms with E-state index in [2.05, 4.69) is 44.1 Å². The zero-order chi connectivity index (χ0) is 24.1. The summed E-state index contributed by atoms with van der Waals surface area (Å²) < 4.78 is 28.6. The first kappa shape index (κ1) is 22.2. The molecule has 184 valence electrons. The lowest BCUT2D eigenvalue weighted by molar-refractivity contribution is -0.0111. The lowest BCUT2D eigenvalue weighted by Gasteiger charge is -2.37. The SMILES string of the molecule is COc1cc(-c2[nH]c3cnc(N4CCC(NC5COC5)CC4)c(F)c3c2C(C)C)cn2ncnc12. The number of H-pyrrole nitrogens is 1. The number of ether oxygens (including phenoxy) is 2. The molecule has 0 radical (unpaired) electrons. The molecule has 2 aliphatic heterocycles. The Labute approximate surface area is 202 Å². The summed E-state index contributed by atoms with van der Waals surface area (Å²) in [6.45, 7) is 7.29. The number of rotatable bonds is 6. The van der Waals surface area contributed by atoms with Crippen molar-refractivity contribution in [2.24, 2.45) is 0 Å². The molecule has 0 atom stereocenters. The second-order valence-electron chi connectivity index (χ2n) is 9.74. The van der Waals surface area contributed by atoms with E-state index in [1.807, 2.05) is 12.3 Å². The molecule has 2 fully saturated rings. The van der Waals surface area contributed by atoms with Crippen LogP contribution in [0.4, 0.5) is 10.2 Å². The van der Waals surface area contributed by atoms with Gasteiger partial charge in [0.25, 0.3) is 0 Å². The van der Waals surface area contributed by atoms with E-state index < -0.39 is 0 Å². The molecule has 0 aromatic carbocycles. The van der Waals surface area contributed by atoms with Gasteiger partial charge in [-0.15, -0.1) is 0 Å². The molecule has 4 aromatic rings. The maximum Gasteiger partial charge on any atom is 0.197 e. The number of hydrogen-bond donors (Lipinski definition) is 2. The van der Waals surface area contributed by atoms with Crippen molar-refractivity contribution in [2.75, 3.05) is 38.3 Å². The number of aromatic nitrogens is 5. The van der Waals surface area contributed by atoms with Gasteiger partial charge in [0.2, 0.25) is 0 Å². The van der Waals surface area contributed by atoms with Gasteiger partial charge in [-0.05, 0) is 30.4 Å². The molecular weight excluding hydrogens is 449 g/mol. The zero-order valence-corrected chi connectivity index (χ0v) is 20.2. The van der Waals surface area contributed by atoms with Crippen molar-refractivity contribution in [1.82, 2.24) is 29.9 Å². The number of pyridine rings is 2. The normalized spacial score (nSPS) is 17.6. The van der Waals surface area contributed by atoms with Gasteiger partial charge >= 0.3 is 0 Å². The van der Waals surface area contributed by atoms with Crippen LogP contribution in [0, 0.1) is 5.82 Å². The van der Waals surface area contributed by atoms with Crippen LogP contribution in [-0.4, -0.2) is 70.1 Å². The summed E-state index contributed by atoms with van der Waals surface area (Å²) in [5.41, 5.74) is 3.94. The van der Waals surface area contributed by atoms with E-state index in [9.17, 15) is 0 Å². The van der Waals surface area contributed by atoms with Crippen LogP contribution in [0.2, 0.25) is 0 Å². The van der Waals surface area contributed by atoms with Crippen LogP contribution in [-0.2, 0) is 4.74 Å². The Morgan fingerprint density at radius 2 is 2.00 bits per heavy atom. The molecule has 2 saturated heterocycles. The summed E-state index contributed by atoms with van der Waals surface area (Å²) in [4.78, 5) is 14.3. The number of anilines is 1. The minimum Gasteiger partial charge on any atom is -0.493 e. The van der Waals surface area contributed by atoms with Crippen LogP contribution in [0.1, 0.15) is 38.2 Å². The molecule has 35 heavy (non-hydrogen) atoms. The first-order valence-corrected chi connectivity index (χ1v) is 12.2. The van der Waals surface area contributed by atoms with Gasteiger partial charge in [0, 0.05) is 36.3 Å². The third kappa shape index (κ3) is 3.81. The van der Waals surface area contributed by atoms with Gasteiger partial charge in [0.15, 0.2) is 23.0 Å². The van der Waals surface area contributed by atoms with Gasteiger partial charge in [-0.1, -0.05) is 13.8 Å². The average molecular weight is 480 g/mol. The molecule has 2 aliphatic rings. The highest BCUT2D eigenvalue weighted by molar-refractivity contribution is 5.93. The summed E-state index contributed by atoms with van der Waals surface area (Å²) in [5.74, 6) is 0.860. The Morgan fingerprint density at radius 3 is 2.69 bits per heavy atom. The molecule has 4 aromatic heterocycles. The highest BCUT2D eigenvalue weighted by atomic mass is 19.1. The lowest BCUT2D eigenvalue weighted by Crippen LogP contribution is -2.53. The molecule has 0 unspecified atom stereocenters. The predicted molar refractivity (Wildman–Crippen MR) is 132 cm³/mol. The zero-order valence-electron chi connectivity index (χ0n) is 20.2. The first-order valence-electron chi connectivity index (χ1n) is 12.2.